The third-order valence-corrected chi connectivity index (χ3v) is 5.78. The Bertz CT molecular complexity index is 565. The fraction of sp³-hybridized carbons (Fsp3) is 0.375. The largest absolute Gasteiger partial charge is 0.310 e. The first-order valence-corrected chi connectivity index (χ1v) is 9.29. The molecule has 1 heterocycles. The zero-order chi connectivity index (χ0) is 14.5. The lowest BCUT2D eigenvalue weighted by molar-refractivity contribution is 0.529. The minimum atomic E-state index is 0.363. The van der Waals surface area contributed by atoms with Gasteiger partial charge in [0, 0.05) is 26.3 Å². The Hall–Kier alpha value is -0.160. The Kier molecular flexibility index (Phi) is 6.27. The molecule has 1 aromatic heterocycles. The van der Waals surface area contributed by atoms with Gasteiger partial charge in [0.15, 0.2) is 0 Å². The van der Waals surface area contributed by atoms with Crippen molar-refractivity contribution >= 4 is 43.2 Å². The lowest BCUT2D eigenvalue weighted by Crippen LogP contribution is -2.24. The minimum absolute atomic E-state index is 0.363. The molecule has 1 atom stereocenters. The molecule has 0 aliphatic rings. The van der Waals surface area contributed by atoms with E-state index in [-0.39, 0.29) is 0 Å². The summed E-state index contributed by atoms with van der Waals surface area (Å²) in [4.78, 5) is 1.40. The molecule has 0 saturated carbocycles. The smallest absolute Gasteiger partial charge is 0.0372 e. The summed E-state index contributed by atoms with van der Waals surface area (Å²) in [5.41, 5.74) is 2.72. The molecule has 108 valence electrons. The summed E-state index contributed by atoms with van der Waals surface area (Å²) in [6.45, 7) is 5.43. The molecule has 1 aromatic carbocycles. The van der Waals surface area contributed by atoms with E-state index in [2.05, 4.69) is 80.7 Å². The molecule has 0 radical (unpaired) electrons. The molecule has 20 heavy (non-hydrogen) atoms. The predicted octanol–water partition coefficient (Wildman–Crippen LogP) is 5.86. The van der Waals surface area contributed by atoms with E-state index in [4.69, 9.17) is 0 Å². The highest BCUT2D eigenvalue weighted by molar-refractivity contribution is 9.10. The van der Waals surface area contributed by atoms with Gasteiger partial charge in [0.2, 0.25) is 0 Å². The van der Waals surface area contributed by atoms with Crippen molar-refractivity contribution < 1.29 is 0 Å². The van der Waals surface area contributed by atoms with Crippen molar-refractivity contribution in [3.05, 3.63) is 54.6 Å². The Labute approximate surface area is 142 Å². The molecule has 0 bridgehead atoms. The molecular weight excluding hydrogens is 398 g/mol. The van der Waals surface area contributed by atoms with Crippen LogP contribution in [-0.2, 0) is 6.42 Å². The average Bonchev–Trinajstić information content (AvgIpc) is 2.83. The molecule has 0 saturated heterocycles. The number of hydrogen-bond donors (Lipinski definition) is 1. The van der Waals surface area contributed by atoms with Gasteiger partial charge < -0.3 is 5.32 Å². The predicted molar refractivity (Wildman–Crippen MR) is 95.6 cm³/mol. The molecule has 1 nitrogen and oxygen atoms in total. The van der Waals surface area contributed by atoms with E-state index in [1.807, 2.05) is 11.3 Å². The third kappa shape index (κ3) is 4.17. The average molecular weight is 417 g/mol. The van der Waals surface area contributed by atoms with Gasteiger partial charge in [0.1, 0.15) is 0 Å². The van der Waals surface area contributed by atoms with Crippen LogP contribution in [-0.4, -0.2) is 6.54 Å². The minimum Gasteiger partial charge on any atom is -0.310 e. The number of benzene rings is 1. The molecule has 0 aliphatic heterocycles. The van der Waals surface area contributed by atoms with Crippen LogP contribution < -0.4 is 5.32 Å². The van der Waals surface area contributed by atoms with Crippen molar-refractivity contribution in [2.45, 2.75) is 32.7 Å². The van der Waals surface area contributed by atoms with Crippen molar-refractivity contribution in [2.24, 2.45) is 0 Å². The van der Waals surface area contributed by atoms with Gasteiger partial charge in [0.25, 0.3) is 0 Å². The van der Waals surface area contributed by atoms with Crippen molar-refractivity contribution in [3.63, 3.8) is 0 Å². The van der Waals surface area contributed by atoms with Crippen LogP contribution in [0.2, 0.25) is 0 Å². The summed E-state index contributed by atoms with van der Waals surface area (Å²) in [7, 11) is 0. The quantitative estimate of drug-likeness (QED) is 0.621. The summed E-state index contributed by atoms with van der Waals surface area (Å²) < 4.78 is 2.37. The van der Waals surface area contributed by atoms with E-state index in [1.165, 1.54) is 20.5 Å². The first-order valence-electron chi connectivity index (χ1n) is 6.83. The summed E-state index contributed by atoms with van der Waals surface area (Å²) >= 11 is 9.05. The number of aryl methyl sites for hydroxylation is 1. The Morgan fingerprint density at radius 3 is 2.70 bits per heavy atom. The van der Waals surface area contributed by atoms with Gasteiger partial charge >= 0.3 is 0 Å². The highest BCUT2D eigenvalue weighted by Crippen LogP contribution is 2.30. The van der Waals surface area contributed by atoms with E-state index in [1.54, 1.807) is 0 Å². The van der Waals surface area contributed by atoms with Gasteiger partial charge in [-0.05, 0) is 70.5 Å². The summed E-state index contributed by atoms with van der Waals surface area (Å²) in [5, 5.41) is 5.83. The summed E-state index contributed by atoms with van der Waals surface area (Å²) in [5.74, 6) is 0. The van der Waals surface area contributed by atoms with Gasteiger partial charge in [-0.2, -0.15) is 0 Å². The normalized spacial score (nSPS) is 12.6. The fourth-order valence-electron chi connectivity index (χ4n) is 2.25. The molecule has 1 N–H and O–H groups in total. The van der Waals surface area contributed by atoms with Crippen LogP contribution in [0.4, 0.5) is 0 Å². The molecule has 1 unspecified atom stereocenters. The van der Waals surface area contributed by atoms with Crippen LogP contribution >= 0.6 is 43.2 Å². The van der Waals surface area contributed by atoms with E-state index in [9.17, 15) is 0 Å². The van der Waals surface area contributed by atoms with Crippen molar-refractivity contribution in [2.75, 3.05) is 6.54 Å². The molecular formula is C16H19Br2NS. The highest BCUT2D eigenvalue weighted by Gasteiger charge is 2.16. The molecule has 0 amide bonds. The number of thiophene rings is 1. The Morgan fingerprint density at radius 2 is 2.05 bits per heavy atom. The Balaban J connectivity index is 2.27. The van der Waals surface area contributed by atoms with Gasteiger partial charge in [-0.15, -0.1) is 11.3 Å². The topological polar surface area (TPSA) is 12.0 Å². The van der Waals surface area contributed by atoms with Crippen molar-refractivity contribution in [3.8, 4) is 0 Å². The van der Waals surface area contributed by atoms with Gasteiger partial charge in [-0.1, -0.05) is 28.9 Å². The van der Waals surface area contributed by atoms with Crippen LogP contribution in [0.25, 0.3) is 0 Å². The fourth-order valence-corrected chi connectivity index (χ4v) is 4.19. The molecule has 0 spiro atoms. The number of hydrogen-bond acceptors (Lipinski definition) is 2. The van der Waals surface area contributed by atoms with Crippen LogP contribution in [0, 0.1) is 6.92 Å². The van der Waals surface area contributed by atoms with E-state index >= 15 is 0 Å². The van der Waals surface area contributed by atoms with Crippen LogP contribution in [0.3, 0.4) is 0 Å². The second-order valence-corrected chi connectivity index (χ2v) is 7.67. The second kappa shape index (κ2) is 7.74. The number of rotatable bonds is 6. The van der Waals surface area contributed by atoms with Crippen LogP contribution in [0.1, 0.15) is 35.4 Å². The first kappa shape index (κ1) is 16.2. The first-order chi connectivity index (χ1) is 9.61. The molecule has 2 aromatic rings. The maximum Gasteiger partial charge on any atom is 0.0372 e. The van der Waals surface area contributed by atoms with Gasteiger partial charge in [-0.25, -0.2) is 0 Å². The monoisotopic (exact) mass is 415 g/mol. The molecule has 0 fully saturated rings. The lowest BCUT2D eigenvalue weighted by atomic mass is 9.98. The van der Waals surface area contributed by atoms with Crippen LogP contribution in [0.5, 0.6) is 0 Å². The number of halogens is 2. The highest BCUT2D eigenvalue weighted by atomic mass is 79.9. The summed E-state index contributed by atoms with van der Waals surface area (Å²) in [6, 6.07) is 9.03. The molecule has 0 aliphatic carbocycles. The molecule has 2 rings (SSSR count). The Morgan fingerprint density at radius 1 is 1.25 bits per heavy atom. The molecule has 4 heteroatoms. The maximum absolute atomic E-state index is 3.68. The third-order valence-electron chi connectivity index (χ3n) is 3.34. The van der Waals surface area contributed by atoms with Gasteiger partial charge in [-0.3, -0.25) is 0 Å². The van der Waals surface area contributed by atoms with Crippen molar-refractivity contribution in [1.29, 1.82) is 0 Å². The van der Waals surface area contributed by atoms with Gasteiger partial charge in [0.05, 0.1) is 0 Å². The summed E-state index contributed by atoms with van der Waals surface area (Å²) in [6.07, 6.45) is 2.17. The second-order valence-electron chi connectivity index (χ2n) is 4.90. The standard InChI is InChI=1S/C16H19Br2NS/c1-3-7-19-15(10-16-14(18)6-8-20-16)13-9-12(17)5-4-11(13)2/h4-6,8-9,15,19H,3,7,10H2,1-2H3. The number of nitrogens with one attached hydrogen (secondary N) is 1. The van der Waals surface area contributed by atoms with E-state index in [0.717, 1.165) is 23.9 Å². The van der Waals surface area contributed by atoms with Crippen LogP contribution in [0.15, 0.2) is 38.6 Å². The SMILES string of the molecule is CCCNC(Cc1sccc1Br)c1cc(Br)ccc1C. The van der Waals surface area contributed by atoms with E-state index < -0.39 is 0 Å². The zero-order valence-electron chi connectivity index (χ0n) is 11.7. The lowest BCUT2D eigenvalue weighted by Gasteiger charge is -2.21. The van der Waals surface area contributed by atoms with Crippen molar-refractivity contribution in [1.82, 2.24) is 5.32 Å². The zero-order valence-corrected chi connectivity index (χ0v) is 15.7. The maximum atomic E-state index is 3.68. The van der Waals surface area contributed by atoms with E-state index in [0.29, 0.717) is 6.04 Å².